The second-order valence-electron chi connectivity index (χ2n) is 8.34. The quantitative estimate of drug-likeness (QED) is 0.275. The van der Waals surface area contributed by atoms with Crippen molar-refractivity contribution in [2.75, 3.05) is 11.9 Å². The lowest BCUT2D eigenvalue weighted by molar-refractivity contribution is -0.123. The van der Waals surface area contributed by atoms with Crippen LogP contribution in [0.5, 0.6) is 5.75 Å². The first-order chi connectivity index (χ1) is 17.6. The van der Waals surface area contributed by atoms with Gasteiger partial charge in [-0.05, 0) is 106 Å². The molecule has 1 saturated heterocycles. The smallest absolute Gasteiger partial charge is 0.293 e. The van der Waals surface area contributed by atoms with E-state index in [2.05, 4.69) is 21.2 Å². The summed E-state index contributed by atoms with van der Waals surface area (Å²) in [6.07, 6.45) is 1.65. The summed E-state index contributed by atoms with van der Waals surface area (Å²) in [4.78, 5) is 39.1. The number of amides is 3. The van der Waals surface area contributed by atoms with Crippen LogP contribution in [0.25, 0.3) is 6.08 Å². The summed E-state index contributed by atoms with van der Waals surface area (Å²) in [5.41, 5.74) is 4.30. The van der Waals surface area contributed by atoms with E-state index in [9.17, 15) is 14.4 Å². The van der Waals surface area contributed by atoms with E-state index in [0.717, 1.165) is 32.9 Å². The van der Waals surface area contributed by atoms with Crippen LogP contribution in [0.3, 0.4) is 0 Å². The number of thioether (sulfide) groups is 1. The monoisotopic (exact) mass is 618 g/mol. The Morgan fingerprint density at radius 1 is 1.03 bits per heavy atom. The molecular weight excluding hydrogens is 599 g/mol. The Morgan fingerprint density at radius 3 is 2.43 bits per heavy atom. The van der Waals surface area contributed by atoms with Crippen molar-refractivity contribution in [3.63, 3.8) is 0 Å². The third-order valence-corrected chi connectivity index (χ3v) is 7.91. The lowest BCUT2D eigenvalue weighted by Gasteiger charge is -2.13. The lowest BCUT2D eigenvalue weighted by atomic mass is 10.1. The average Bonchev–Trinajstić information content (AvgIpc) is 3.11. The number of carbonyl (C=O) groups excluding carboxylic acids is 3. The van der Waals surface area contributed by atoms with Crippen LogP contribution in [0.2, 0.25) is 10.0 Å². The van der Waals surface area contributed by atoms with Crippen molar-refractivity contribution >= 4 is 79.7 Å². The van der Waals surface area contributed by atoms with Gasteiger partial charge in [-0.3, -0.25) is 19.3 Å². The number of nitrogens with one attached hydrogen (secondary N) is 1. The number of hydrogen-bond donors (Lipinski definition) is 1. The van der Waals surface area contributed by atoms with Gasteiger partial charge in [0, 0.05) is 4.47 Å². The molecule has 3 amide bonds. The molecular formula is C27H21BrCl2N2O4S. The molecule has 1 aliphatic heterocycles. The van der Waals surface area contributed by atoms with Crippen molar-refractivity contribution in [3.8, 4) is 5.75 Å². The molecule has 10 heteroatoms. The number of ether oxygens (including phenoxy) is 1. The van der Waals surface area contributed by atoms with Crippen molar-refractivity contribution in [3.05, 3.63) is 96.3 Å². The summed E-state index contributed by atoms with van der Waals surface area (Å²) in [6.45, 7) is 3.92. The van der Waals surface area contributed by atoms with E-state index >= 15 is 0 Å². The van der Waals surface area contributed by atoms with E-state index in [4.69, 9.17) is 27.9 Å². The first-order valence-corrected chi connectivity index (χ1v) is 13.5. The molecule has 0 spiro atoms. The van der Waals surface area contributed by atoms with E-state index in [0.29, 0.717) is 32.0 Å². The Bertz CT molecular complexity index is 1430. The number of benzene rings is 3. The number of hydrogen-bond acceptors (Lipinski definition) is 5. The molecule has 0 bridgehead atoms. The van der Waals surface area contributed by atoms with Crippen LogP contribution in [0.4, 0.5) is 10.5 Å². The minimum atomic E-state index is -0.379. The van der Waals surface area contributed by atoms with Crippen molar-refractivity contribution in [1.29, 1.82) is 0 Å². The molecule has 6 nitrogen and oxygen atoms in total. The maximum absolute atomic E-state index is 12.8. The van der Waals surface area contributed by atoms with Crippen LogP contribution in [0.15, 0.2) is 64.0 Å². The predicted octanol–water partition coefficient (Wildman–Crippen LogP) is 7.63. The Hall–Kier alpha value is -2.78. The zero-order valence-electron chi connectivity index (χ0n) is 19.8. The van der Waals surface area contributed by atoms with Gasteiger partial charge in [0.1, 0.15) is 5.75 Å². The summed E-state index contributed by atoms with van der Waals surface area (Å²) in [7, 11) is 0. The largest absolute Gasteiger partial charge is 0.484 e. The number of imide groups is 1. The number of rotatable bonds is 7. The first-order valence-electron chi connectivity index (χ1n) is 11.1. The van der Waals surface area contributed by atoms with E-state index in [1.807, 2.05) is 26.0 Å². The van der Waals surface area contributed by atoms with Gasteiger partial charge >= 0.3 is 0 Å². The van der Waals surface area contributed by atoms with Crippen LogP contribution in [0, 0.1) is 13.8 Å². The van der Waals surface area contributed by atoms with E-state index in [1.54, 1.807) is 48.5 Å². The molecule has 1 aliphatic rings. The summed E-state index contributed by atoms with van der Waals surface area (Å²) >= 11 is 16.3. The maximum Gasteiger partial charge on any atom is 0.293 e. The Balaban J connectivity index is 1.35. The number of carbonyl (C=O) groups is 3. The topological polar surface area (TPSA) is 75.7 Å². The molecule has 0 unspecified atom stereocenters. The van der Waals surface area contributed by atoms with Gasteiger partial charge in [0.25, 0.3) is 17.1 Å². The van der Waals surface area contributed by atoms with Crippen LogP contribution < -0.4 is 10.1 Å². The summed E-state index contributed by atoms with van der Waals surface area (Å²) < 4.78 is 6.40. The van der Waals surface area contributed by atoms with Crippen molar-refractivity contribution in [1.82, 2.24) is 4.90 Å². The summed E-state index contributed by atoms with van der Waals surface area (Å²) in [6, 6.07) is 15.7. The second kappa shape index (κ2) is 11.7. The lowest BCUT2D eigenvalue weighted by Crippen LogP contribution is -2.27. The average molecular weight is 620 g/mol. The summed E-state index contributed by atoms with van der Waals surface area (Å²) in [5, 5.41) is 3.24. The fourth-order valence-electron chi connectivity index (χ4n) is 3.48. The predicted molar refractivity (Wildman–Crippen MR) is 152 cm³/mol. The highest BCUT2D eigenvalue weighted by atomic mass is 79.9. The Labute approximate surface area is 237 Å². The SMILES string of the molecule is Cc1cc(Br)c(NC(=O)COc2ccc(/C=C3/SC(=O)N(Cc4ccc(Cl)c(Cl)c4)C3=O)cc2)cc1C. The minimum Gasteiger partial charge on any atom is -0.484 e. The van der Waals surface area contributed by atoms with E-state index in [1.165, 1.54) is 4.90 Å². The normalized spacial score (nSPS) is 14.4. The number of halogens is 3. The molecule has 1 heterocycles. The van der Waals surface area contributed by atoms with Gasteiger partial charge in [0.05, 0.1) is 27.2 Å². The fourth-order valence-corrected chi connectivity index (χ4v) is 5.20. The molecule has 0 aliphatic carbocycles. The molecule has 1 N–H and O–H groups in total. The number of anilines is 1. The zero-order valence-corrected chi connectivity index (χ0v) is 23.7. The molecule has 3 aromatic carbocycles. The third-order valence-electron chi connectivity index (χ3n) is 5.60. The number of nitrogens with zero attached hydrogens (tertiary/aromatic N) is 1. The molecule has 190 valence electrons. The Kier molecular flexibility index (Phi) is 8.64. The highest BCUT2D eigenvalue weighted by Gasteiger charge is 2.35. The first kappa shape index (κ1) is 27.3. The zero-order chi connectivity index (χ0) is 26.7. The number of aryl methyl sites for hydroxylation is 2. The van der Waals surface area contributed by atoms with Crippen molar-refractivity contribution in [2.24, 2.45) is 0 Å². The van der Waals surface area contributed by atoms with Crippen molar-refractivity contribution in [2.45, 2.75) is 20.4 Å². The van der Waals surface area contributed by atoms with Gasteiger partial charge in [0.2, 0.25) is 0 Å². The molecule has 4 rings (SSSR count). The molecule has 1 fully saturated rings. The molecule has 0 aromatic heterocycles. The fraction of sp³-hybridized carbons (Fsp3) is 0.148. The van der Waals surface area contributed by atoms with E-state index < -0.39 is 0 Å². The van der Waals surface area contributed by atoms with Crippen LogP contribution >= 0.6 is 50.9 Å². The van der Waals surface area contributed by atoms with Gasteiger partial charge in [0.15, 0.2) is 6.61 Å². The standard InChI is InChI=1S/C27H21BrCl2N2O4S/c1-15-9-20(28)23(10-16(15)2)31-25(33)14-36-19-6-3-17(4-7-19)12-24-26(34)32(27(35)37-24)13-18-5-8-21(29)22(30)11-18/h3-12H,13-14H2,1-2H3,(H,31,33)/b24-12+. The van der Waals surface area contributed by atoms with E-state index in [-0.39, 0.29) is 30.2 Å². The summed E-state index contributed by atoms with van der Waals surface area (Å²) in [5.74, 6) is -0.168. The van der Waals surface area contributed by atoms with Gasteiger partial charge in [-0.2, -0.15) is 0 Å². The van der Waals surface area contributed by atoms with Crippen LogP contribution in [-0.2, 0) is 16.1 Å². The highest BCUT2D eigenvalue weighted by Crippen LogP contribution is 2.34. The molecule has 0 saturated carbocycles. The highest BCUT2D eigenvalue weighted by molar-refractivity contribution is 9.10. The van der Waals surface area contributed by atoms with Gasteiger partial charge in [-0.25, -0.2) is 0 Å². The van der Waals surface area contributed by atoms with Crippen molar-refractivity contribution < 1.29 is 19.1 Å². The minimum absolute atomic E-state index is 0.104. The van der Waals surface area contributed by atoms with Gasteiger partial charge in [-0.1, -0.05) is 41.4 Å². The molecule has 0 atom stereocenters. The molecule has 3 aromatic rings. The Morgan fingerprint density at radius 2 is 1.73 bits per heavy atom. The third kappa shape index (κ3) is 6.76. The van der Waals surface area contributed by atoms with Crippen LogP contribution in [-0.4, -0.2) is 28.6 Å². The second-order valence-corrected chi connectivity index (χ2v) is 11.0. The molecule has 0 radical (unpaired) electrons. The van der Waals surface area contributed by atoms with Crippen LogP contribution in [0.1, 0.15) is 22.3 Å². The maximum atomic E-state index is 12.8. The van der Waals surface area contributed by atoms with Gasteiger partial charge in [-0.15, -0.1) is 0 Å². The van der Waals surface area contributed by atoms with Gasteiger partial charge < -0.3 is 10.1 Å². The molecule has 37 heavy (non-hydrogen) atoms.